The molecule has 0 amide bonds. The zero-order chi connectivity index (χ0) is 10.3. The van der Waals surface area contributed by atoms with E-state index < -0.39 is 0 Å². The summed E-state index contributed by atoms with van der Waals surface area (Å²) in [6.45, 7) is 3.87. The van der Waals surface area contributed by atoms with E-state index in [4.69, 9.17) is 4.74 Å². The van der Waals surface area contributed by atoms with Crippen LogP contribution in [0.4, 0.5) is 0 Å². The van der Waals surface area contributed by atoms with Gasteiger partial charge in [-0.2, -0.15) is 0 Å². The summed E-state index contributed by atoms with van der Waals surface area (Å²) in [6, 6.07) is 0.671. The maximum absolute atomic E-state index is 11.5. The fourth-order valence-electron chi connectivity index (χ4n) is 3.15. The minimum absolute atomic E-state index is 0.00588. The number of likely N-dealkylation sites (tertiary alicyclic amines) is 1. The van der Waals surface area contributed by atoms with Gasteiger partial charge in [-0.05, 0) is 25.3 Å². The van der Waals surface area contributed by atoms with Gasteiger partial charge in [0.05, 0.1) is 6.61 Å². The van der Waals surface area contributed by atoms with Gasteiger partial charge in [0.2, 0.25) is 0 Å². The number of esters is 1. The molecule has 84 valence electrons. The number of cyclic esters (lactones) is 1. The maximum atomic E-state index is 11.5. The normalized spacial score (nSPS) is 41.6. The Morgan fingerprint density at radius 2 is 2.27 bits per heavy atom. The number of hydrogen-bond acceptors (Lipinski definition) is 4. The molecule has 3 atom stereocenters. The van der Waals surface area contributed by atoms with Crippen LogP contribution in [0.5, 0.6) is 0 Å². The second kappa shape index (κ2) is 3.76. The first-order valence-electron chi connectivity index (χ1n) is 5.98. The van der Waals surface area contributed by atoms with Crippen LogP contribution in [0.25, 0.3) is 0 Å². The Labute approximate surface area is 90.0 Å². The lowest BCUT2D eigenvalue weighted by molar-refractivity contribution is -0.142. The van der Waals surface area contributed by atoms with Gasteiger partial charge >= 0.3 is 5.97 Å². The summed E-state index contributed by atoms with van der Waals surface area (Å²) in [4.78, 5) is 13.8. The molecule has 15 heavy (non-hydrogen) atoms. The molecule has 3 aliphatic rings. The van der Waals surface area contributed by atoms with Crippen molar-refractivity contribution in [3.63, 3.8) is 0 Å². The average molecular weight is 210 g/mol. The van der Waals surface area contributed by atoms with Crippen molar-refractivity contribution in [1.82, 2.24) is 10.2 Å². The van der Waals surface area contributed by atoms with Crippen LogP contribution in [-0.2, 0) is 9.53 Å². The molecule has 3 fully saturated rings. The monoisotopic (exact) mass is 210 g/mol. The Morgan fingerprint density at radius 3 is 3.00 bits per heavy atom. The molecule has 1 N–H and O–H groups in total. The first-order chi connectivity index (χ1) is 7.34. The molecule has 0 radical (unpaired) electrons. The quantitative estimate of drug-likeness (QED) is 0.618. The molecule has 0 aromatic heterocycles. The number of fused-ring (bicyclic) bond motifs is 1. The molecule has 0 aromatic carbocycles. The Morgan fingerprint density at radius 1 is 1.33 bits per heavy atom. The van der Waals surface area contributed by atoms with Crippen LogP contribution in [-0.4, -0.2) is 49.2 Å². The lowest BCUT2D eigenvalue weighted by Crippen LogP contribution is -2.42. The van der Waals surface area contributed by atoms with Crippen LogP contribution in [0.1, 0.15) is 19.3 Å². The van der Waals surface area contributed by atoms with E-state index in [-0.39, 0.29) is 12.0 Å². The first kappa shape index (κ1) is 9.60. The highest BCUT2D eigenvalue weighted by molar-refractivity contribution is 5.77. The van der Waals surface area contributed by atoms with Crippen molar-refractivity contribution in [3.8, 4) is 0 Å². The minimum Gasteiger partial charge on any atom is -0.464 e. The molecule has 0 spiro atoms. The van der Waals surface area contributed by atoms with Crippen LogP contribution in [0.15, 0.2) is 0 Å². The van der Waals surface area contributed by atoms with Crippen LogP contribution in [0.3, 0.4) is 0 Å². The number of nitrogens with one attached hydrogen (secondary N) is 1. The zero-order valence-electron chi connectivity index (χ0n) is 8.95. The van der Waals surface area contributed by atoms with Crippen molar-refractivity contribution in [2.45, 2.75) is 31.3 Å². The number of hydrogen-bond donors (Lipinski definition) is 1. The number of carbonyl (C=O) groups is 1. The van der Waals surface area contributed by atoms with Crippen molar-refractivity contribution in [2.75, 3.05) is 26.2 Å². The summed E-state index contributed by atoms with van der Waals surface area (Å²) in [5.74, 6) is 0.751. The third-order valence-corrected chi connectivity index (χ3v) is 3.98. The molecule has 0 aromatic rings. The van der Waals surface area contributed by atoms with Crippen molar-refractivity contribution in [2.24, 2.45) is 5.92 Å². The summed E-state index contributed by atoms with van der Waals surface area (Å²) in [7, 11) is 0. The fraction of sp³-hybridized carbons (Fsp3) is 0.909. The second-order valence-corrected chi connectivity index (χ2v) is 4.89. The molecule has 3 rings (SSSR count). The highest BCUT2D eigenvalue weighted by Crippen LogP contribution is 2.28. The second-order valence-electron chi connectivity index (χ2n) is 4.89. The van der Waals surface area contributed by atoms with Gasteiger partial charge in [0.15, 0.2) is 0 Å². The average Bonchev–Trinajstić information content (AvgIpc) is 2.82. The predicted octanol–water partition coefficient (Wildman–Crippen LogP) is -0.0143. The third kappa shape index (κ3) is 1.66. The highest BCUT2D eigenvalue weighted by Gasteiger charge is 2.41. The Bertz CT molecular complexity index is 255. The molecular weight excluding hydrogens is 192 g/mol. The lowest BCUT2D eigenvalue weighted by atomic mass is 9.94. The molecule has 0 bridgehead atoms. The molecule has 0 aliphatic carbocycles. The summed E-state index contributed by atoms with van der Waals surface area (Å²) in [6.07, 6.45) is 3.48. The van der Waals surface area contributed by atoms with Gasteiger partial charge in [-0.15, -0.1) is 0 Å². The largest absolute Gasteiger partial charge is 0.464 e. The predicted molar refractivity (Wildman–Crippen MR) is 55.5 cm³/mol. The van der Waals surface area contributed by atoms with E-state index in [9.17, 15) is 4.79 Å². The minimum atomic E-state index is -0.00588. The van der Waals surface area contributed by atoms with Gasteiger partial charge in [-0.25, -0.2) is 0 Å². The van der Waals surface area contributed by atoms with Gasteiger partial charge in [0.25, 0.3) is 0 Å². The van der Waals surface area contributed by atoms with Gasteiger partial charge in [0, 0.05) is 25.6 Å². The van der Waals surface area contributed by atoms with E-state index in [1.165, 1.54) is 12.8 Å². The summed E-state index contributed by atoms with van der Waals surface area (Å²) < 4.78 is 5.03. The number of piperidine rings is 1. The molecule has 0 saturated carbocycles. The Hall–Kier alpha value is -0.610. The van der Waals surface area contributed by atoms with Crippen molar-refractivity contribution >= 4 is 5.97 Å². The zero-order valence-corrected chi connectivity index (χ0v) is 8.95. The van der Waals surface area contributed by atoms with Gasteiger partial charge < -0.3 is 10.1 Å². The van der Waals surface area contributed by atoms with E-state index in [1.807, 2.05) is 0 Å². The molecule has 3 heterocycles. The third-order valence-electron chi connectivity index (χ3n) is 3.98. The smallest absolute Gasteiger partial charge is 0.323 e. The molecule has 3 aliphatic heterocycles. The first-order valence-corrected chi connectivity index (χ1v) is 5.98. The number of nitrogens with zero attached hydrogens (tertiary/aromatic N) is 1. The molecular formula is C11H18N2O2. The Kier molecular flexibility index (Phi) is 2.41. The van der Waals surface area contributed by atoms with Crippen LogP contribution >= 0.6 is 0 Å². The van der Waals surface area contributed by atoms with E-state index in [0.717, 1.165) is 32.0 Å². The SMILES string of the molecule is O=C1OCCC1N1CC2CCCNC2C1. The van der Waals surface area contributed by atoms with Crippen molar-refractivity contribution in [3.05, 3.63) is 0 Å². The van der Waals surface area contributed by atoms with E-state index in [0.29, 0.717) is 12.6 Å². The molecule has 3 unspecified atom stereocenters. The van der Waals surface area contributed by atoms with E-state index in [2.05, 4.69) is 10.2 Å². The summed E-state index contributed by atoms with van der Waals surface area (Å²) >= 11 is 0. The van der Waals surface area contributed by atoms with E-state index in [1.54, 1.807) is 0 Å². The topological polar surface area (TPSA) is 41.6 Å². The number of carbonyl (C=O) groups excluding carboxylic acids is 1. The van der Waals surface area contributed by atoms with Crippen molar-refractivity contribution < 1.29 is 9.53 Å². The van der Waals surface area contributed by atoms with Crippen molar-refractivity contribution in [1.29, 1.82) is 0 Å². The maximum Gasteiger partial charge on any atom is 0.323 e. The molecule has 3 saturated heterocycles. The number of rotatable bonds is 1. The Balaban J connectivity index is 1.66. The van der Waals surface area contributed by atoms with Gasteiger partial charge in [-0.3, -0.25) is 9.69 Å². The van der Waals surface area contributed by atoms with E-state index >= 15 is 0 Å². The molecule has 4 nitrogen and oxygen atoms in total. The van der Waals surface area contributed by atoms with Crippen LogP contribution in [0.2, 0.25) is 0 Å². The van der Waals surface area contributed by atoms with Crippen LogP contribution < -0.4 is 5.32 Å². The fourth-order valence-corrected chi connectivity index (χ4v) is 3.15. The molecule has 4 heteroatoms. The van der Waals surface area contributed by atoms with Gasteiger partial charge in [0.1, 0.15) is 6.04 Å². The summed E-state index contributed by atoms with van der Waals surface area (Å²) in [5.41, 5.74) is 0. The number of ether oxygens (including phenoxy) is 1. The lowest BCUT2D eigenvalue weighted by Gasteiger charge is -2.24. The summed E-state index contributed by atoms with van der Waals surface area (Å²) in [5, 5.41) is 3.56. The standard InChI is InChI=1S/C11H18N2O2/c14-11-10(3-5-15-11)13-6-8-2-1-4-12-9(8)7-13/h8-10,12H,1-7H2. The van der Waals surface area contributed by atoms with Crippen LogP contribution in [0, 0.1) is 5.92 Å². The van der Waals surface area contributed by atoms with Gasteiger partial charge in [-0.1, -0.05) is 0 Å². The highest BCUT2D eigenvalue weighted by atomic mass is 16.5.